The predicted octanol–water partition coefficient (Wildman–Crippen LogP) is 5.55. The van der Waals surface area contributed by atoms with Gasteiger partial charge in [-0.25, -0.2) is 22.5 Å². The van der Waals surface area contributed by atoms with Crippen molar-refractivity contribution in [2.75, 3.05) is 0 Å². The maximum Gasteiger partial charge on any atom is 0.241 e. The van der Waals surface area contributed by atoms with E-state index in [1.54, 1.807) is 51.1 Å². The van der Waals surface area contributed by atoms with Crippen LogP contribution in [0, 0.1) is 5.82 Å². The molecule has 36 heavy (non-hydrogen) atoms. The van der Waals surface area contributed by atoms with Gasteiger partial charge < -0.3 is 9.67 Å². The lowest BCUT2D eigenvalue weighted by molar-refractivity contribution is 0.217. The van der Waals surface area contributed by atoms with Crippen molar-refractivity contribution in [2.45, 2.75) is 77.0 Å². The molecule has 194 valence electrons. The van der Waals surface area contributed by atoms with Crippen molar-refractivity contribution in [3.63, 3.8) is 0 Å². The van der Waals surface area contributed by atoms with Crippen LogP contribution >= 0.6 is 0 Å². The van der Waals surface area contributed by atoms with Gasteiger partial charge in [0.05, 0.1) is 22.8 Å². The highest BCUT2D eigenvalue weighted by Gasteiger charge is 2.25. The molecule has 2 aromatic carbocycles. The van der Waals surface area contributed by atoms with Crippen LogP contribution in [0.1, 0.15) is 69.9 Å². The van der Waals surface area contributed by atoms with Crippen molar-refractivity contribution >= 4 is 10.0 Å². The Bertz CT molecular complexity index is 1340. The second-order valence-electron chi connectivity index (χ2n) is 9.89. The molecular weight excluding hydrogens is 477 g/mol. The van der Waals surface area contributed by atoms with Crippen molar-refractivity contribution in [3.05, 3.63) is 83.7 Å². The molecule has 8 heteroatoms. The highest BCUT2D eigenvalue weighted by molar-refractivity contribution is 7.89. The van der Waals surface area contributed by atoms with Crippen LogP contribution in [-0.2, 0) is 29.4 Å². The van der Waals surface area contributed by atoms with E-state index in [0.717, 1.165) is 17.9 Å². The third kappa shape index (κ3) is 6.11. The topological polar surface area (TPSA) is 84.2 Å². The Morgan fingerprint density at radius 1 is 1.19 bits per heavy atom. The molecule has 0 saturated heterocycles. The fourth-order valence-electron chi connectivity index (χ4n) is 4.27. The number of aryl methyl sites for hydroxylation is 2. The number of halogens is 1. The van der Waals surface area contributed by atoms with Crippen molar-refractivity contribution in [2.24, 2.45) is 0 Å². The molecule has 3 aromatic rings. The monoisotopic (exact) mass is 513 g/mol. The summed E-state index contributed by atoms with van der Waals surface area (Å²) >= 11 is 0. The summed E-state index contributed by atoms with van der Waals surface area (Å²) < 4.78 is 46.1. The molecule has 0 aliphatic rings. The van der Waals surface area contributed by atoms with E-state index >= 15 is 4.39 Å². The summed E-state index contributed by atoms with van der Waals surface area (Å²) in [6.07, 6.45) is 2.74. The minimum absolute atomic E-state index is 0.0934. The van der Waals surface area contributed by atoms with Gasteiger partial charge >= 0.3 is 0 Å². The van der Waals surface area contributed by atoms with Crippen molar-refractivity contribution in [3.8, 4) is 11.1 Å². The van der Waals surface area contributed by atoms with E-state index in [-0.39, 0.29) is 11.4 Å². The lowest BCUT2D eigenvalue weighted by Crippen LogP contribution is -2.40. The molecule has 0 aliphatic heterocycles. The Balaban J connectivity index is 2.05. The van der Waals surface area contributed by atoms with Crippen molar-refractivity contribution < 1.29 is 17.9 Å². The molecule has 1 heterocycles. The molecule has 0 amide bonds. The van der Waals surface area contributed by atoms with E-state index in [0.29, 0.717) is 35.2 Å². The number of nitrogens with zero attached hydrogens (tertiary/aromatic N) is 2. The molecule has 1 unspecified atom stereocenters. The van der Waals surface area contributed by atoms with Gasteiger partial charge in [-0.1, -0.05) is 50.3 Å². The number of benzene rings is 2. The van der Waals surface area contributed by atoms with Crippen molar-refractivity contribution in [1.82, 2.24) is 14.3 Å². The first kappa shape index (κ1) is 27.8. The van der Waals surface area contributed by atoms with E-state index < -0.39 is 27.5 Å². The number of hydrogen-bond acceptors (Lipinski definition) is 4. The maximum atomic E-state index is 15.5. The van der Waals surface area contributed by atoms with Gasteiger partial charge in [0.25, 0.3) is 0 Å². The summed E-state index contributed by atoms with van der Waals surface area (Å²) in [6, 6.07) is 11.3. The van der Waals surface area contributed by atoms with Crippen LogP contribution in [0.2, 0.25) is 0 Å². The number of aliphatic hydroxyl groups is 1. The zero-order valence-electron chi connectivity index (χ0n) is 21.7. The van der Waals surface area contributed by atoms with E-state index in [1.165, 1.54) is 18.2 Å². The maximum absolute atomic E-state index is 15.5. The Morgan fingerprint density at radius 3 is 2.47 bits per heavy atom. The second kappa shape index (κ2) is 11.1. The van der Waals surface area contributed by atoms with E-state index in [9.17, 15) is 13.5 Å². The van der Waals surface area contributed by atoms with Gasteiger partial charge in [0.1, 0.15) is 17.7 Å². The van der Waals surface area contributed by atoms with Crippen LogP contribution in [0.3, 0.4) is 0 Å². The first-order valence-electron chi connectivity index (χ1n) is 12.2. The number of rotatable bonds is 10. The molecule has 0 saturated carbocycles. The van der Waals surface area contributed by atoms with Gasteiger partial charge in [-0.3, -0.25) is 0 Å². The Kier molecular flexibility index (Phi) is 8.54. The normalized spacial score (nSPS) is 13.1. The number of imidazole rings is 1. The fraction of sp³-hybridized carbons (Fsp3) is 0.393. The number of aliphatic hydroxyl groups excluding tert-OH is 1. The van der Waals surface area contributed by atoms with Crippen LogP contribution in [0.4, 0.5) is 4.39 Å². The van der Waals surface area contributed by atoms with E-state index in [1.807, 2.05) is 18.4 Å². The minimum atomic E-state index is -3.82. The van der Waals surface area contributed by atoms with Gasteiger partial charge in [-0.05, 0) is 51.3 Å². The van der Waals surface area contributed by atoms with Crippen LogP contribution in [0.25, 0.3) is 11.1 Å². The van der Waals surface area contributed by atoms with Gasteiger partial charge in [0.15, 0.2) is 0 Å². The molecule has 0 aliphatic carbocycles. The molecule has 0 radical (unpaired) electrons. The predicted molar refractivity (Wildman–Crippen MR) is 142 cm³/mol. The lowest BCUT2D eigenvalue weighted by atomic mass is 10.0. The molecule has 1 atom stereocenters. The Morgan fingerprint density at radius 2 is 1.89 bits per heavy atom. The third-order valence-electron chi connectivity index (χ3n) is 5.78. The third-order valence-corrected chi connectivity index (χ3v) is 7.60. The van der Waals surface area contributed by atoms with Gasteiger partial charge in [-0.2, -0.15) is 0 Å². The average molecular weight is 514 g/mol. The van der Waals surface area contributed by atoms with Crippen LogP contribution in [-0.4, -0.2) is 28.6 Å². The molecule has 1 aromatic heterocycles. The first-order valence-corrected chi connectivity index (χ1v) is 13.7. The molecule has 0 spiro atoms. The van der Waals surface area contributed by atoms with Crippen LogP contribution < -0.4 is 4.72 Å². The largest absolute Gasteiger partial charge is 0.383 e. The molecule has 0 fully saturated rings. The summed E-state index contributed by atoms with van der Waals surface area (Å²) in [5, 5.41) is 10.6. The summed E-state index contributed by atoms with van der Waals surface area (Å²) in [7, 11) is -3.82. The van der Waals surface area contributed by atoms with Crippen LogP contribution in [0.15, 0.2) is 60.0 Å². The highest BCUT2D eigenvalue weighted by Crippen LogP contribution is 2.30. The molecular formula is C28H36FN3O3S. The minimum Gasteiger partial charge on any atom is -0.383 e. The zero-order chi connectivity index (χ0) is 26.7. The van der Waals surface area contributed by atoms with Gasteiger partial charge in [-0.15, -0.1) is 6.58 Å². The number of sulfonamides is 1. The highest BCUT2D eigenvalue weighted by atomic mass is 32.2. The number of nitrogens with one attached hydrogen (secondary N) is 1. The van der Waals surface area contributed by atoms with Gasteiger partial charge in [0, 0.05) is 23.1 Å². The van der Waals surface area contributed by atoms with Crippen molar-refractivity contribution in [1.29, 1.82) is 0 Å². The smallest absolute Gasteiger partial charge is 0.241 e. The summed E-state index contributed by atoms with van der Waals surface area (Å²) in [5.41, 5.74) is 2.04. The fourth-order valence-corrected chi connectivity index (χ4v) is 5.92. The number of hydrogen-bond donors (Lipinski definition) is 2. The average Bonchev–Trinajstić information content (AvgIpc) is 3.15. The van der Waals surface area contributed by atoms with E-state index in [2.05, 4.69) is 11.3 Å². The SMILES string of the molecule is C=CC(O)c1c(CC)nc(CCC)n1Cc1ccc(-c2ccccc2S(=O)(=O)NC(C)(C)C)cc1F. The van der Waals surface area contributed by atoms with E-state index in [4.69, 9.17) is 4.98 Å². The summed E-state index contributed by atoms with van der Waals surface area (Å²) in [4.78, 5) is 4.80. The first-order chi connectivity index (χ1) is 16.9. The summed E-state index contributed by atoms with van der Waals surface area (Å²) in [5.74, 6) is 0.329. The lowest BCUT2D eigenvalue weighted by Gasteiger charge is -2.21. The molecule has 0 bridgehead atoms. The summed E-state index contributed by atoms with van der Waals surface area (Å²) in [6.45, 7) is 13.2. The van der Waals surface area contributed by atoms with Gasteiger partial charge in [0.2, 0.25) is 10.0 Å². The Labute approximate surface area is 214 Å². The molecule has 3 rings (SSSR count). The Hall–Kier alpha value is -2.81. The molecule has 6 nitrogen and oxygen atoms in total. The molecule has 2 N–H and O–H groups in total. The second-order valence-corrected chi connectivity index (χ2v) is 11.5. The zero-order valence-corrected chi connectivity index (χ0v) is 22.5. The standard InChI is InChI=1S/C28H36FN3O3S/c1-7-12-26-30-23(8-2)27(24(33)9-3)32(26)18-20-16-15-19(17-22(20)29)21-13-10-11-14-25(21)36(34,35)31-28(4,5)6/h9-11,13-17,24,31,33H,3,7-8,12,18H2,1-2,4-6H3. The van der Waals surface area contributed by atoms with Crippen LogP contribution in [0.5, 0.6) is 0 Å². The quantitative estimate of drug-likeness (QED) is 0.348. The number of aromatic nitrogens is 2.